The second-order valence-corrected chi connectivity index (χ2v) is 5.48. The molecule has 1 aromatic rings. The molecule has 3 nitrogen and oxygen atoms in total. The predicted molar refractivity (Wildman–Crippen MR) is 68.3 cm³/mol. The monoisotopic (exact) mass is 233 g/mol. The van der Waals surface area contributed by atoms with Crippen LogP contribution in [0.3, 0.4) is 0 Å². The van der Waals surface area contributed by atoms with E-state index in [0.29, 0.717) is 0 Å². The van der Waals surface area contributed by atoms with Gasteiger partial charge in [-0.25, -0.2) is 0 Å². The first-order valence-electron chi connectivity index (χ1n) is 6.04. The summed E-state index contributed by atoms with van der Waals surface area (Å²) in [5.41, 5.74) is 1.67. The molecule has 0 aliphatic carbocycles. The van der Waals surface area contributed by atoms with Crippen LogP contribution in [-0.4, -0.2) is 12.5 Å². The highest BCUT2D eigenvalue weighted by atomic mass is 16.5. The Morgan fingerprint density at radius 1 is 1.35 bits per heavy atom. The van der Waals surface area contributed by atoms with Gasteiger partial charge in [0.15, 0.2) is 0 Å². The van der Waals surface area contributed by atoms with Crippen molar-refractivity contribution in [1.29, 1.82) is 0 Å². The lowest BCUT2D eigenvalue weighted by molar-refractivity contribution is -0.123. The number of carbonyl (C=O) groups is 1. The maximum atomic E-state index is 11.9. The summed E-state index contributed by atoms with van der Waals surface area (Å²) in [6, 6.07) is 5.85. The lowest BCUT2D eigenvalue weighted by Gasteiger charge is -2.20. The van der Waals surface area contributed by atoms with Gasteiger partial charge in [0.1, 0.15) is 5.75 Å². The minimum absolute atomic E-state index is 0.0363. The first-order valence-corrected chi connectivity index (χ1v) is 6.04. The molecule has 92 valence electrons. The van der Waals surface area contributed by atoms with Gasteiger partial charge in [-0.1, -0.05) is 20.8 Å². The Morgan fingerprint density at radius 3 is 2.82 bits per heavy atom. The van der Waals surface area contributed by atoms with Crippen molar-refractivity contribution in [3.8, 4) is 5.75 Å². The number of rotatable bonds is 1. The van der Waals surface area contributed by atoms with E-state index in [1.807, 2.05) is 39.0 Å². The molecule has 0 atom stereocenters. The van der Waals surface area contributed by atoms with Crippen LogP contribution in [0, 0.1) is 5.41 Å². The fourth-order valence-corrected chi connectivity index (χ4v) is 1.76. The maximum Gasteiger partial charge on any atom is 0.229 e. The van der Waals surface area contributed by atoms with Crippen LogP contribution in [0.2, 0.25) is 0 Å². The zero-order chi connectivity index (χ0) is 12.5. The summed E-state index contributed by atoms with van der Waals surface area (Å²) in [6.45, 7) is 6.51. The second kappa shape index (κ2) is 4.40. The van der Waals surface area contributed by atoms with Gasteiger partial charge in [0.2, 0.25) is 5.91 Å². The van der Waals surface area contributed by atoms with Crippen LogP contribution in [0.15, 0.2) is 18.2 Å². The molecule has 1 aliphatic heterocycles. The number of hydrogen-bond donors (Lipinski definition) is 1. The van der Waals surface area contributed by atoms with Crippen molar-refractivity contribution in [3.05, 3.63) is 23.8 Å². The molecule has 1 heterocycles. The highest BCUT2D eigenvalue weighted by molar-refractivity contribution is 5.94. The third kappa shape index (κ3) is 2.78. The van der Waals surface area contributed by atoms with Gasteiger partial charge >= 0.3 is 0 Å². The van der Waals surface area contributed by atoms with Crippen molar-refractivity contribution in [3.63, 3.8) is 0 Å². The molecule has 0 aromatic heterocycles. The van der Waals surface area contributed by atoms with Crippen LogP contribution in [0.5, 0.6) is 5.75 Å². The van der Waals surface area contributed by atoms with Crippen molar-refractivity contribution in [1.82, 2.24) is 0 Å². The number of fused-ring (bicyclic) bond motifs is 1. The number of hydrogen-bond acceptors (Lipinski definition) is 2. The van der Waals surface area contributed by atoms with Gasteiger partial charge in [-0.2, -0.15) is 0 Å². The van der Waals surface area contributed by atoms with Gasteiger partial charge < -0.3 is 10.1 Å². The molecule has 3 heteroatoms. The SMILES string of the molecule is CC(C)(C)C(=O)Nc1ccc2c(c1)CCCO2. The average Bonchev–Trinajstić information content (AvgIpc) is 2.27. The summed E-state index contributed by atoms with van der Waals surface area (Å²) in [5, 5.41) is 2.94. The van der Waals surface area contributed by atoms with Crippen molar-refractivity contribution >= 4 is 11.6 Å². The molecule has 0 saturated carbocycles. The van der Waals surface area contributed by atoms with Gasteiger partial charge in [0, 0.05) is 11.1 Å². The van der Waals surface area contributed by atoms with Gasteiger partial charge in [-0.05, 0) is 36.6 Å². The van der Waals surface area contributed by atoms with Crippen molar-refractivity contribution < 1.29 is 9.53 Å². The Kier molecular flexibility index (Phi) is 3.09. The van der Waals surface area contributed by atoms with Crippen LogP contribution < -0.4 is 10.1 Å². The third-order valence-corrected chi connectivity index (χ3v) is 2.85. The van der Waals surface area contributed by atoms with E-state index in [1.165, 1.54) is 5.56 Å². The molecule has 0 fully saturated rings. The van der Waals surface area contributed by atoms with Crippen LogP contribution in [-0.2, 0) is 11.2 Å². The molecule has 1 N–H and O–H groups in total. The Labute approximate surface area is 102 Å². The number of carbonyl (C=O) groups excluding carboxylic acids is 1. The van der Waals surface area contributed by atoms with Crippen LogP contribution >= 0.6 is 0 Å². The standard InChI is InChI=1S/C14H19NO2/c1-14(2,3)13(16)15-11-6-7-12-10(9-11)5-4-8-17-12/h6-7,9H,4-5,8H2,1-3H3,(H,15,16). The Hall–Kier alpha value is -1.51. The number of amides is 1. The van der Waals surface area contributed by atoms with Crippen molar-refractivity contribution in [2.24, 2.45) is 5.41 Å². The van der Waals surface area contributed by atoms with E-state index in [0.717, 1.165) is 30.9 Å². The number of anilines is 1. The van der Waals surface area contributed by atoms with Crippen LogP contribution in [0.4, 0.5) is 5.69 Å². The van der Waals surface area contributed by atoms with Crippen LogP contribution in [0.1, 0.15) is 32.8 Å². The summed E-state index contributed by atoms with van der Waals surface area (Å²) in [5.74, 6) is 0.985. The number of benzene rings is 1. The maximum absolute atomic E-state index is 11.9. The van der Waals surface area contributed by atoms with E-state index in [9.17, 15) is 4.79 Å². The largest absolute Gasteiger partial charge is 0.493 e. The lowest BCUT2D eigenvalue weighted by Crippen LogP contribution is -2.27. The van der Waals surface area contributed by atoms with Gasteiger partial charge in [0.25, 0.3) is 0 Å². The van der Waals surface area contributed by atoms with E-state index in [2.05, 4.69) is 5.32 Å². The molecular formula is C14H19NO2. The fraction of sp³-hybridized carbons (Fsp3) is 0.500. The smallest absolute Gasteiger partial charge is 0.229 e. The molecule has 0 saturated heterocycles. The molecule has 1 aromatic carbocycles. The molecule has 1 amide bonds. The Balaban J connectivity index is 2.15. The molecular weight excluding hydrogens is 214 g/mol. The number of nitrogens with one attached hydrogen (secondary N) is 1. The number of ether oxygens (including phenoxy) is 1. The lowest BCUT2D eigenvalue weighted by atomic mass is 9.95. The Morgan fingerprint density at radius 2 is 2.12 bits per heavy atom. The third-order valence-electron chi connectivity index (χ3n) is 2.85. The summed E-state index contributed by atoms with van der Waals surface area (Å²) in [4.78, 5) is 11.9. The molecule has 1 aliphatic rings. The van der Waals surface area contributed by atoms with Gasteiger partial charge in [0.05, 0.1) is 6.61 Å². The molecule has 0 radical (unpaired) electrons. The minimum atomic E-state index is -0.369. The van der Waals surface area contributed by atoms with E-state index >= 15 is 0 Å². The summed E-state index contributed by atoms with van der Waals surface area (Å²) >= 11 is 0. The zero-order valence-corrected chi connectivity index (χ0v) is 10.7. The topological polar surface area (TPSA) is 38.3 Å². The summed E-state index contributed by atoms with van der Waals surface area (Å²) in [6.07, 6.45) is 2.07. The van der Waals surface area contributed by atoms with Gasteiger partial charge in [-0.15, -0.1) is 0 Å². The predicted octanol–water partition coefficient (Wildman–Crippen LogP) is 3.00. The van der Waals surface area contributed by atoms with E-state index < -0.39 is 0 Å². The van der Waals surface area contributed by atoms with E-state index in [-0.39, 0.29) is 11.3 Å². The van der Waals surface area contributed by atoms with E-state index in [1.54, 1.807) is 0 Å². The van der Waals surface area contributed by atoms with Gasteiger partial charge in [-0.3, -0.25) is 4.79 Å². The minimum Gasteiger partial charge on any atom is -0.493 e. The van der Waals surface area contributed by atoms with E-state index in [4.69, 9.17) is 4.74 Å². The second-order valence-electron chi connectivity index (χ2n) is 5.48. The fourth-order valence-electron chi connectivity index (χ4n) is 1.76. The van der Waals surface area contributed by atoms with Crippen LogP contribution in [0.25, 0.3) is 0 Å². The normalized spacial score (nSPS) is 14.8. The average molecular weight is 233 g/mol. The highest BCUT2D eigenvalue weighted by Crippen LogP contribution is 2.28. The Bertz CT molecular complexity index is 432. The summed E-state index contributed by atoms with van der Waals surface area (Å²) < 4.78 is 5.54. The first kappa shape index (κ1) is 12.0. The first-order chi connectivity index (χ1) is 7.97. The zero-order valence-electron chi connectivity index (χ0n) is 10.7. The molecule has 17 heavy (non-hydrogen) atoms. The highest BCUT2D eigenvalue weighted by Gasteiger charge is 2.21. The molecule has 2 rings (SSSR count). The summed E-state index contributed by atoms with van der Waals surface area (Å²) in [7, 11) is 0. The van der Waals surface area contributed by atoms with Crippen molar-refractivity contribution in [2.75, 3.05) is 11.9 Å². The molecule has 0 unspecified atom stereocenters. The molecule has 0 bridgehead atoms. The number of aryl methyl sites for hydroxylation is 1. The molecule has 0 spiro atoms. The van der Waals surface area contributed by atoms with Crippen molar-refractivity contribution in [2.45, 2.75) is 33.6 Å². The quantitative estimate of drug-likeness (QED) is 0.809.